The first-order valence-electron chi connectivity index (χ1n) is 7.19. The Morgan fingerprint density at radius 1 is 1.53 bits per heavy atom. The molecular weight excluding hydrogens is 240 g/mol. The van der Waals surface area contributed by atoms with Crippen LogP contribution in [0.2, 0.25) is 0 Å². The van der Waals surface area contributed by atoms with Crippen LogP contribution in [0, 0.1) is 0 Å². The molecule has 1 aromatic heterocycles. The van der Waals surface area contributed by atoms with Gasteiger partial charge >= 0.3 is 0 Å². The van der Waals surface area contributed by atoms with Gasteiger partial charge < -0.3 is 10.1 Å². The second kappa shape index (κ2) is 6.50. The number of morpholine rings is 1. The molecule has 0 bridgehead atoms. The summed E-state index contributed by atoms with van der Waals surface area (Å²) >= 11 is 0. The first kappa shape index (κ1) is 14.5. The third kappa shape index (κ3) is 3.55. The molecule has 0 saturated carbocycles. The zero-order valence-corrected chi connectivity index (χ0v) is 12.5. The van der Waals surface area contributed by atoms with Crippen molar-refractivity contribution in [1.82, 2.24) is 20.0 Å². The summed E-state index contributed by atoms with van der Waals surface area (Å²) < 4.78 is 7.85. The minimum Gasteiger partial charge on any atom is -0.374 e. The number of aryl methyl sites for hydroxylation is 1. The van der Waals surface area contributed by atoms with Crippen LogP contribution in [0.15, 0.2) is 12.4 Å². The summed E-state index contributed by atoms with van der Waals surface area (Å²) in [5, 5.41) is 7.81. The molecule has 1 fully saturated rings. The topological polar surface area (TPSA) is 42.3 Å². The van der Waals surface area contributed by atoms with Crippen molar-refractivity contribution in [3.8, 4) is 0 Å². The zero-order valence-electron chi connectivity index (χ0n) is 12.5. The lowest BCUT2D eigenvalue weighted by Crippen LogP contribution is -2.50. The van der Waals surface area contributed by atoms with Gasteiger partial charge in [0.1, 0.15) is 0 Å². The van der Waals surface area contributed by atoms with Crippen molar-refractivity contribution in [2.24, 2.45) is 7.05 Å². The number of hydrogen-bond donors (Lipinski definition) is 1. The molecule has 1 saturated heterocycles. The van der Waals surface area contributed by atoms with Crippen molar-refractivity contribution in [2.45, 2.75) is 39.0 Å². The summed E-state index contributed by atoms with van der Waals surface area (Å²) in [6, 6.07) is 0.794. The maximum atomic E-state index is 6.00. The minimum absolute atomic E-state index is 0.195. The SMILES string of the molecule is CCNC(c1cnn(C)c1)C1CN(C(C)C)CCO1. The van der Waals surface area contributed by atoms with Crippen LogP contribution < -0.4 is 5.32 Å². The van der Waals surface area contributed by atoms with E-state index in [1.165, 1.54) is 5.56 Å². The van der Waals surface area contributed by atoms with Crippen LogP contribution in [0.1, 0.15) is 32.4 Å². The van der Waals surface area contributed by atoms with Gasteiger partial charge in [0.05, 0.1) is 24.9 Å². The number of ether oxygens (including phenoxy) is 1. The van der Waals surface area contributed by atoms with E-state index in [1.54, 1.807) is 0 Å². The van der Waals surface area contributed by atoms with E-state index in [1.807, 2.05) is 17.9 Å². The molecule has 0 aliphatic carbocycles. The molecule has 5 nitrogen and oxygen atoms in total. The molecule has 2 atom stereocenters. The van der Waals surface area contributed by atoms with Gasteiger partial charge in [-0.15, -0.1) is 0 Å². The molecule has 0 amide bonds. The van der Waals surface area contributed by atoms with E-state index in [0.29, 0.717) is 6.04 Å². The molecule has 108 valence electrons. The molecule has 5 heteroatoms. The van der Waals surface area contributed by atoms with Crippen molar-refractivity contribution in [2.75, 3.05) is 26.2 Å². The maximum Gasteiger partial charge on any atom is 0.0898 e. The highest BCUT2D eigenvalue weighted by Crippen LogP contribution is 2.22. The summed E-state index contributed by atoms with van der Waals surface area (Å²) in [7, 11) is 1.95. The molecule has 0 spiro atoms. The maximum absolute atomic E-state index is 6.00. The first-order valence-corrected chi connectivity index (χ1v) is 7.19. The van der Waals surface area contributed by atoms with Crippen LogP contribution in [-0.4, -0.2) is 53.1 Å². The molecule has 2 unspecified atom stereocenters. The molecule has 0 aromatic carbocycles. The second-order valence-electron chi connectivity index (χ2n) is 5.48. The van der Waals surface area contributed by atoms with Crippen molar-refractivity contribution >= 4 is 0 Å². The Bertz CT molecular complexity index is 391. The Morgan fingerprint density at radius 2 is 2.32 bits per heavy atom. The Balaban J connectivity index is 2.10. The number of rotatable bonds is 5. The molecule has 1 N–H and O–H groups in total. The van der Waals surface area contributed by atoms with Crippen molar-refractivity contribution in [3.63, 3.8) is 0 Å². The molecule has 19 heavy (non-hydrogen) atoms. The van der Waals surface area contributed by atoms with Gasteiger partial charge in [0.2, 0.25) is 0 Å². The van der Waals surface area contributed by atoms with Gasteiger partial charge in [-0.2, -0.15) is 5.10 Å². The summed E-state index contributed by atoms with van der Waals surface area (Å²) in [4.78, 5) is 2.48. The third-order valence-electron chi connectivity index (χ3n) is 3.73. The van der Waals surface area contributed by atoms with E-state index in [-0.39, 0.29) is 12.1 Å². The lowest BCUT2D eigenvalue weighted by Gasteiger charge is -2.39. The number of nitrogens with one attached hydrogen (secondary N) is 1. The Hall–Kier alpha value is -0.910. The fourth-order valence-electron chi connectivity index (χ4n) is 2.65. The van der Waals surface area contributed by atoms with Crippen LogP contribution in [0.25, 0.3) is 0 Å². The summed E-state index contributed by atoms with van der Waals surface area (Å²) in [6.07, 6.45) is 4.20. The van der Waals surface area contributed by atoms with Crippen LogP contribution in [0.3, 0.4) is 0 Å². The predicted molar refractivity (Wildman–Crippen MR) is 76.1 cm³/mol. The average molecular weight is 266 g/mol. The van der Waals surface area contributed by atoms with Crippen molar-refractivity contribution in [3.05, 3.63) is 18.0 Å². The second-order valence-corrected chi connectivity index (χ2v) is 5.48. The van der Waals surface area contributed by atoms with Gasteiger partial charge in [0.25, 0.3) is 0 Å². The number of nitrogens with zero attached hydrogens (tertiary/aromatic N) is 3. The lowest BCUT2D eigenvalue weighted by atomic mass is 10.0. The van der Waals surface area contributed by atoms with Gasteiger partial charge in [-0.25, -0.2) is 0 Å². The Morgan fingerprint density at radius 3 is 2.89 bits per heavy atom. The molecule has 2 heterocycles. The smallest absolute Gasteiger partial charge is 0.0898 e. The molecule has 1 aliphatic heterocycles. The van der Waals surface area contributed by atoms with E-state index < -0.39 is 0 Å². The fraction of sp³-hybridized carbons (Fsp3) is 0.786. The van der Waals surface area contributed by atoms with E-state index in [2.05, 4.69) is 42.3 Å². The van der Waals surface area contributed by atoms with Crippen LogP contribution >= 0.6 is 0 Å². The lowest BCUT2D eigenvalue weighted by molar-refractivity contribution is -0.0558. The van der Waals surface area contributed by atoms with Gasteiger partial charge in [0.15, 0.2) is 0 Å². The minimum atomic E-state index is 0.195. The largest absolute Gasteiger partial charge is 0.374 e. The van der Waals surface area contributed by atoms with E-state index >= 15 is 0 Å². The van der Waals surface area contributed by atoms with Gasteiger partial charge in [-0.05, 0) is 20.4 Å². The van der Waals surface area contributed by atoms with Gasteiger partial charge in [0, 0.05) is 37.9 Å². The highest BCUT2D eigenvalue weighted by Gasteiger charge is 2.30. The fourth-order valence-corrected chi connectivity index (χ4v) is 2.65. The molecule has 0 radical (unpaired) electrons. The van der Waals surface area contributed by atoms with Gasteiger partial charge in [-0.3, -0.25) is 9.58 Å². The summed E-state index contributed by atoms with van der Waals surface area (Å²) in [5.41, 5.74) is 1.21. The van der Waals surface area contributed by atoms with E-state index in [9.17, 15) is 0 Å². The molecule has 2 rings (SSSR count). The highest BCUT2D eigenvalue weighted by molar-refractivity contribution is 5.13. The van der Waals surface area contributed by atoms with Crippen molar-refractivity contribution < 1.29 is 4.74 Å². The van der Waals surface area contributed by atoms with Crippen LogP contribution in [-0.2, 0) is 11.8 Å². The van der Waals surface area contributed by atoms with Gasteiger partial charge in [-0.1, -0.05) is 6.92 Å². The predicted octanol–water partition coefficient (Wildman–Crippen LogP) is 1.18. The number of aromatic nitrogens is 2. The monoisotopic (exact) mass is 266 g/mol. The van der Waals surface area contributed by atoms with E-state index in [0.717, 1.165) is 26.2 Å². The molecule has 1 aliphatic rings. The Labute approximate surface area is 115 Å². The zero-order chi connectivity index (χ0) is 13.8. The highest BCUT2D eigenvalue weighted by atomic mass is 16.5. The first-order chi connectivity index (χ1) is 9.11. The summed E-state index contributed by atoms with van der Waals surface area (Å²) in [5.74, 6) is 0. The van der Waals surface area contributed by atoms with E-state index in [4.69, 9.17) is 4.74 Å². The molecular formula is C14H26N4O. The van der Waals surface area contributed by atoms with Crippen molar-refractivity contribution in [1.29, 1.82) is 0 Å². The summed E-state index contributed by atoms with van der Waals surface area (Å²) in [6.45, 7) is 10.4. The standard InChI is InChI=1S/C14H26N4O/c1-5-15-14(12-8-16-17(4)9-12)13-10-18(11(2)3)6-7-19-13/h8-9,11,13-15H,5-7,10H2,1-4H3. The number of hydrogen-bond acceptors (Lipinski definition) is 4. The van der Waals surface area contributed by atoms with Crippen LogP contribution in [0.5, 0.6) is 0 Å². The molecule has 1 aromatic rings. The number of likely N-dealkylation sites (N-methyl/N-ethyl adjacent to an activating group) is 1. The Kier molecular flexibility index (Phi) is 4.96. The van der Waals surface area contributed by atoms with Crippen LogP contribution in [0.4, 0.5) is 0 Å². The normalized spacial score (nSPS) is 22.9. The quantitative estimate of drug-likeness (QED) is 0.869. The average Bonchev–Trinajstić information content (AvgIpc) is 2.82. The third-order valence-corrected chi connectivity index (χ3v) is 3.73.